The molecule has 0 saturated heterocycles. The molecule has 1 aromatic heterocycles. The molecular formula is C21H28ClN3O3S. The van der Waals surface area contributed by atoms with E-state index >= 15 is 0 Å². The summed E-state index contributed by atoms with van der Waals surface area (Å²) in [5.74, 6) is 0.217. The predicted octanol–water partition coefficient (Wildman–Crippen LogP) is 4.02. The largest absolute Gasteiger partial charge is 0.379 e. The van der Waals surface area contributed by atoms with Crippen LogP contribution >= 0.6 is 23.4 Å². The lowest BCUT2D eigenvalue weighted by Gasteiger charge is -2.15. The van der Waals surface area contributed by atoms with Crippen molar-refractivity contribution in [3.63, 3.8) is 0 Å². The lowest BCUT2D eigenvalue weighted by Crippen LogP contribution is -2.34. The number of fused-ring (bicyclic) bond motifs is 1. The van der Waals surface area contributed by atoms with E-state index < -0.39 is 0 Å². The van der Waals surface area contributed by atoms with Crippen molar-refractivity contribution in [1.29, 1.82) is 0 Å². The molecule has 1 saturated carbocycles. The second-order valence-corrected chi connectivity index (χ2v) is 9.00. The number of hydrogen-bond donors (Lipinski definition) is 1. The number of benzene rings is 1. The third-order valence-corrected chi connectivity index (χ3v) is 6.12. The van der Waals surface area contributed by atoms with E-state index in [0.29, 0.717) is 40.7 Å². The molecule has 1 N–H and O–H groups in total. The fourth-order valence-corrected chi connectivity index (χ4v) is 4.50. The van der Waals surface area contributed by atoms with Crippen LogP contribution < -0.4 is 10.9 Å². The Labute approximate surface area is 180 Å². The zero-order valence-electron chi connectivity index (χ0n) is 16.9. The zero-order valence-corrected chi connectivity index (χ0v) is 18.5. The maximum atomic E-state index is 13.0. The third-order valence-electron chi connectivity index (χ3n) is 4.91. The van der Waals surface area contributed by atoms with Crippen LogP contribution in [0.15, 0.2) is 28.2 Å². The zero-order chi connectivity index (χ0) is 20.8. The van der Waals surface area contributed by atoms with Gasteiger partial charge < -0.3 is 10.1 Å². The van der Waals surface area contributed by atoms with Gasteiger partial charge in [-0.2, -0.15) is 0 Å². The Kier molecular flexibility index (Phi) is 7.98. The van der Waals surface area contributed by atoms with Crippen molar-refractivity contribution >= 4 is 40.2 Å². The molecule has 0 spiro atoms. The summed E-state index contributed by atoms with van der Waals surface area (Å²) >= 11 is 7.38. The van der Waals surface area contributed by atoms with Gasteiger partial charge in [-0.25, -0.2) is 4.98 Å². The van der Waals surface area contributed by atoms with Crippen molar-refractivity contribution < 1.29 is 9.53 Å². The summed E-state index contributed by atoms with van der Waals surface area (Å²) in [6, 6.07) is 5.37. The highest BCUT2D eigenvalue weighted by Crippen LogP contribution is 2.22. The van der Waals surface area contributed by atoms with Gasteiger partial charge in [-0.15, -0.1) is 0 Å². The average Bonchev–Trinajstić information content (AvgIpc) is 3.17. The molecule has 3 rings (SSSR count). The number of nitrogens with one attached hydrogen (secondary N) is 1. The van der Waals surface area contributed by atoms with Gasteiger partial charge in [0.15, 0.2) is 5.16 Å². The Hall–Kier alpha value is -1.57. The fourth-order valence-electron chi connectivity index (χ4n) is 3.49. The normalized spacial score (nSPS) is 14.8. The molecular weight excluding hydrogens is 410 g/mol. The summed E-state index contributed by atoms with van der Waals surface area (Å²) in [6.45, 7) is 5.02. The van der Waals surface area contributed by atoms with Crippen LogP contribution in [0.4, 0.5) is 0 Å². The Morgan fingerprint density at radius 1 is 1.38 bits per heavy atom. The molecule has 1 amide bonds. The van der Waals surface area contributed by atoms with Gasteiger partial charge in [-0.05, 0) is 51.3 Å². The minimum Gasteiger partial charge on any atom is -0.379 e. The quantitative estimate of drug-likeness (QED) is 0.364. The number of hydrogen-bond acceptors (Lipinski definition) is 5. The van der Waals surface area contributed by atoms with Gasteiger partial charge in [0.1, 0.15) is 0 Å². The van der Waals surface area contributed by atoms with Crippen LogP contribution in [-0.4, -0.2) is 40.0 Å². The molecule has 0 atom stereocenters. The standard InChI is InChI=1S/C21H28ClN3O3S/c1-14(2)28-11-5-10-25-20(27)17-9-8-15(22)12-18(17)24-21(25)29-13-19(26)23-16-6-3-4-7-16/h8-9,12,14,16H,3-7,10-11,13H2,1-2H3,(H,23,26). The third kappa shape index (κ3) is 6.20. The van der Waals surface area contributed by atoms with Gasteiger partial charge >= 0.3 is 0 Å². The molecule has 1 aliphatic carbocycles. The minimum atomic E-state index is -0.116. The number of nitrogens with zero attached hydrogens (tertiary/aromatic N) is 2. The second-order valence-electron chi connectivity index (χ2n) is 7.62. The molecule has 0 bridgehead atoms. The van der Waals surface area contributed by atoms with Gasteiger partial charge in [-0.3, -0.25) is 14.2 Å². The average molecular weight is 438 g/mol. The van der Waals surface area contributed by atoms with E-state index in [9.17, 15) is 9.59 Å². The van der Waals surface area contributed by atoms with E-state index in [0.717, 1.165) is 12.8 Å². The fraction of sp³-hybridized carbons (Fsp3) is 0.571. The van der Waals surface area contributed by atoms with E-state index in [1.54, 1.807) is 22.8 Å². The lowest BCUT2D eigenvalue weighted by molar-refractivity contribution is -0.119. The molecule has 0 aliphatic heterocycles. The molecule has 1 heterocycles. The molecule has 0 radical (unpaired) electrons. The van der Waals surface area contributed by atoms with Crippen molar-refractivity contribution in [1.82, 2.24) is 14.9 Å². The van der Waals surface area contributed by atoms with Gasteiger partial charge in [-0.1, -0.05) is 36.2 Å². The topological polar surface area (TPSA) is 73.2 Å². The van der Waals surface area contributed by atoms with E-state index in [1.807, 2.05) is 13.8 Å². The first-order chi connectivity index (χ1) is 13.9. The number of amides is 1. The molecule has 6 nitrogen and oxygen atoms in total. The van der Waals surface area contributed by atoms with Crippen molar-refractivity contribution in [3.8, 4) is 0 Å². The molecule has 29 heavy (non-hydrogen) atoms. The highest BCUT2D eigenvalue weighted by atomic mass is 35.5. The van der Waals surface area contributed by atoms with Gasteiger partial charge in [0.2, 0.25) is 5.91 Å². The highest BCUT2D eigenvalue weighted by molar-refractivity contribution is 7.99. The smallest absolute Gasteiger partial charge is 0.262 e. The number of halogens is 1. The number of ether oxygens (including phenoxy) is 1. The number of carbonyl (C=O) groups is 1. The van der Waals surface area contributed by atoms with Crippen molar-refractivity contribution in [2.24, 2.45) is 0 Å². The van der Waals surface area contributed by atoms with Crippen molar-refractivity contribution in [2.45, 2.75) is 69.8 Å². The van der Waals surface area contributed by atoms with E-state index in [-0.39, 0.29) is 29.4 Å². The van der Waals surface area contributed by atoms with E-state index in [2.05, 4.69) is 10.3 Å². The lowest BCUT2D eigenvalue weighted by atomic mass is 10.2. The number of carbonyl (C=O) groups excluding carboxylic acids is 1. The Balaban J connectivity index is 1.77. The Morgan fingerprint density at radius 3 is 2.86 bits per heavy atom. The summed E-state index contributed by atoms with van der Waals surface area (Å²) in [5, 5.41) is 4.67. The molecule has 1 aliphatic rings. The molecule has 1 aromatic carbocycles. The minimum absolute atomic E-state index is 0.0166. The highest BCUT2D eigenvalue weighted by Gasteiger charge is 2.18. The van der Waals surface area contributed by atoms with Crippen LogP contribution in [-0.2, 0) is 16.1 Å². The first-order valence-corrected chi connectivity index (χ1v) is 11.5. The van der Waals surface area contributed by atoms with E-state index in [4.69, 9.17) is 16.3 Å². The predicted molar refractivity (Wildman–Crippen MR) is 118 cm³/mol. The number of thioether (sulfide) groups is 1. The van der Waals surface area contributed by atoms with Crippen LogP contribution in [0.25, 0.3) is 10.9 Å². The summed E-state index contributed by atoms with van der Waals surface area (Å²) in [6.07, 6.45) is 5.27. The van der Waals surface area contributed by atoms with Crippen LogP contribution in [0.3, 0.4) is 0 Å². The maximum absolute atomic E-state index is 13.0. The van der Waals surface area contributed by atoms with Crippen molar-refractivity contribution in [2.75, 3.05) is 12.4 Å². The van der Waals surface area contributed by atoms with Crippen LogP contribution in [0.1, 0.15) is 46.0 Å². The molecule has 8 heteroatoms. The Bertz CT molecular complexity index is 910. The van der Waals surface area contributed by atoms with Crippen LogP contribution in [0, 0.1) is 0 Å². The first kappa shape index (κ1) is 22.1. The SMILES string of the molecule is CC(C)OCCCn1c(SCC(=O)NC2CCCC2)nc2cc(Cl)ccc2c1=O. The van der Waals surface area contributed by atoms with Gasteiger partial charge in [0, 0.05) is 24.2 Å². The van der Waals surface area contributed by atoms with Gasteiger partial charge in [0.05, 0.1) is 22.8 Å². The summed E-state index contributed by atoms with van der Waals surface area (Å²) in [5.41, 5.74) is 0.436. The molecule has 1 fully saturated rings. The molecule has 0 unspecified atom stereocenters. The number of aromatic nitrogens is 2. The Morgan fingerprint density at radius 2 is 2.14 bits per heavy atom. The van der Waals surface area contributed by atoms with Crippen LogP contribution in [0.5, 0.6) is 0 Å². The van der Waals surface area contributed by atoms with E-state index in [1.165, 1.54) is 24.6 Å². The summed E-state index contributed by atoms with van der Waals surface area (Å²) in [7, 11) is 0. The summed E-state index contributed by atoms with van der Waals surface area (Å²) < 4.78 is 7.24. The van der Waals surface area contributed by atoms with Crippen molar-refractivity contribution in [3.05, 3.63) is 33.6 Å². The molecule has 158 valence electrons. The summed E-state index contributed by atoms with van der Waals surface area (Å²) in [4.78, 5) is 30.0. The van der Waals surface area contributed by atoms with Crippen LogP contribution in [0.2, 0.25) is 5.02 Å². The first-order valence-electron chi connectivity index (χ1n) is 10.2. The van der Waals surface area contributed by atoms with Gasteiger partial charge in [0.25, 0.3) is 5.56 Å². The monoisotopic (exact) mass is 437 g/mol. The maximum Gasteiger partial charge on any atom is 0.262 e. The number of rotatable bonds is 9. The second kappa shape index (κ2) is 10.5. The molecule has 2 aromatic rings.